The lowest BCUT2D eigenvalue weighted by Crippen LogP contribution is -2.36. The Bertz CT molecular complexity index is 347. The number of aliphatic hydroxyl groups is 1. The Balaban J connectivity index is 2.08. The number of aliphatic hydroxyl groups excluding tert-OH is 1. The lowest BCUT2D eigenvalue weighted by molar-refractivity contribution is 0.121. The third-order valence-electron chi connectivity index (χ3n) is 3.06. The fourth-order valence-electron chi connectivity index (χ4n) is 1.99. The van der Waals surface area contributed by atoms with Crippen LogP contribution in [0.25, 0.3) is 0 Å². The molecule has 2 atom stereocenters. The maximum Gasteiger partial charge on any atom is 0.266 e. The molecule has 0 radical (unpaired) electrons. The van der Waals surface area contributed by atoms with E-state index < -0.39 is 6.10 Å². The number of ether oxygens (including phenoxy) is 1. The second-order valence-electron chi connectivity index (χ2n) is 4.29. The van der Waals surface area contributed by atoms with Gasteiger partial charge in [0.05, 0.1) is 25.2 Å². The SMILES string of the molecule is CCC(c1nc(N2CCOCC2)no1)C(C)O. The van der Waals surface area contributed by atoms with E-state index in [1.54, 1.807) is 6.92 Å². The fraction of sp³-hybridized carbons (Fsp3) is 0.818. The molecule has 0 amide bonds. The quantitative estimate of drug-likeness (QED) is 0.840. The van der Waals surface area contributed by atoms with Gasteiger partial charge in [0, 0.05) is 13.1 Å². The Kier molecular flexibility index (Phi) is 3.96. The first-order valence-electron chi connectivity index (χ1n) is 6.06. The van der Waals surface area contributed by atoms with Crippen LogP contribution in [0.4, 0.5) is 5.95 Å². The van der Waals surface area contributed by atoms with Crippen molar-refractivity contribution in [2.24, 2.45) is 0 Å². The lowest BCUT2D eigenvalue weighted by atomic mass is 10.0. The Morgan fingerprint density at radius 3 is 2.71 bits per heavy atom. The average molecular weight is 241 g/mol. The molecule has 0 aromatic carbocycles. The normalized spacial score (nSPS) is 20.3. The van der Waals surface area contributed by atoms with Gasteiger partial charge in [-0.1, -0.05) is 6.92 Å². The molecule has 0 saturated carbocycles. The molecule has 1 aromatic heterocycles. The van der Waals surface area contributed by atoms with Gasteiger partial charge in [-0.15, -0.1) is 0 Å². The number of aromatic nitrogens is 2. The van der Waals surface area contributed by atoms with Crippen molar-refractivity contribution in [2.45, 2.75) is 32.3 Å². The van der Waals surface area contributed by atoms with Crippen molar-refractivity contribution in [3.63, 3.8) is 0 Å². The molecule has 2 rings (SSSR count). The maximum absolute atomic E-state index is 9.62. The second kappa shape index (κ2) is 5.46. The van der Waals surface area contributed by atoms with E-state index in [0.717, 1.165) is 19.5 Å². The second-order valence-corrected chi connectivity index (χ2v) is 4.29. The zero-order valence-corrected chi connectivity index (χ0v) is 10.3. The largest absolute Gasteiger partial charge is 0.393 e. The first-order chi connectivity index (χ1) is 8.22. The molecule has 2 unspecified atom stereocenters. The van der Waals surface area contributed by atoms with Gasteiger partial charge in [-0.3, -0.25) is 0 Å². The summed E-state index contributed by atoms with van der Waals surface area (Å²) in [7, 11) is 0. The summed E-state index contributed by atoms with van der Waals surface area (Å²) < 4.78 is 10.5. The number of morpholine rings is 1. The van der Waals surface area contributed by atoms with Crippen LogP contribution in [0.5, 0.6) is 0 Å². The third kappa shape index (κ3) is 2.76. The standard InChI is InChI=1S/C11H19N3O3/c1-3-9(8(2)15)10-12-11(13-17-10)14-4-6-16-7-5-14/h8-9,15H,3-7H2,1-2H3. The molecule has 0 aliphatic carbocycles. The maximum atomic E-state index is 9.62. The molecule has 0 spiro atoms. The van der Waals surface area contributed by atoms with Crippen molar-refractivity contribution in [1.82, 2.24) is 10.1 Å². The van der Waals surface area contributed by atoms with E-state index in [9.17, 15) is 5.11 Å². The van der Waals surface area contributed by atoms with Gasteiger partial charge < -0.3 is 19.3 Å². The number of rotatable bonds is 4. The summed E-state index contributed by atoms with van der Waals surface area (Å²) >= 11 is 0. The Morgan fingerprint density at radius 1 is 1.41 bits per heavy atom. The van der Waals surface area contributed by atoms with Crippen LogP contribution < -0.4 is 4.90 Å². The van der Waals surface area contributed by atoms with Crippen molar-refractivity contribution in [3.05, 3.63) is 5.89 Å². The molecule has 1 aliphatic heterocycles. The summed E-state index contributed by atoms with van der Waals surface area (Å²) in [6.45, 7) is 6.69. The van der Waals surface area contributed by atoms with Crippen molar-refractivity contribution in [1.29, 1.82) is 0 Å². The van der Waals surface area contributed by atoms with E-state index in [-0.39, 0.29) is 5.92 Å². The van der Waals surface area contributed by atoms with Crippen LogP contribution in [-0.4, -0.2) is 47.7 Å². The van der Waals surface area contributed by atoms with E-state index in [2.05, 4.69) is 10.1 Å². The highest BCUT2D eigenvalue weighted by atomic mass is 16.5. The van der Waals surface area contributed by atoms with Gasteiger partial charge >= 0.3 is 0 Å². The number of hydrogen-bond acceptors (Lipinski definition) is 6. The van der Waals surface area contributed by atoms with Gasteiger partial charge in [-0.05, 0) is 18.5 Å². The van der Waals surface area contributed by atoms with Crippen LogP contribution in [0.2, 0.25) is 0 Å². The molecule has 1 saturated heterocycles. The van der Waals surface area contributed by atoms with E-state index in [4.69, 9.17) is 9.26 Å². The molecule has 1 aromatic rings. The van der Waals surface area contributed by atoms with Crippen LogP contribution in [0.3, 0.4) is 0 Å². The minimum atomic E-state index is -0.474. The molecule has 0 bridgehead atoms. The highest BCUT2D eigenvalue weighted by Gasteiger charge is 2.24. The molecule has 17 heavy (non-hydrogen) atoms. The summed E-state index contributed by atoms with van der Waals surface area (Å²) in [6.07, 6.45) is 0.306. The zero-order valence-electron chi connectivity index (χ0n) is 10.3. The van der Waals surface area contributed by atoms with Gasteiger partial charge in [0.2, 0.25) is 5.89 Å². The summed E-state index contributed by atoms with van der Waals surface area (Å²) in [5.74, 6) is 1.03. The highest BCUT2D eigenvalue weighted by molar-refractivity contribution is 5.28. The fourth-order valence-corrected chi connectivity index (χ4v) is 1.99. The van der Waals surface area contributed by atoms with Crippen molar-refractivity contribution >= 4 is 5.95 Å². The Hall–Kier alpha value is -1.14. The molecule has 1 fully saturated rings. The average Bonchev–Trinajstić information content (AvgIpc) is 2.80. The number of nitrogens with zero attached hydrogens (tertiary/aromatic N) is 3. The predicted molar refractivity (Wildman–Crippen MR) is 62.0 cm³/mol. The summed E-state index contributed by atoms with van der Waals surface area (Å²) in [5.41, 5.74) is 0. The van der Waals surface area contributed by atoms with Gasteiger partial charge in [0.25, 0.3) is 5.95 Å². The summed E-state index contributed by atoms with van der Waals surface area (Å²) in [6, 6.07) is 0. The molecule has 1 aliphatic rings. The molecule has 2 heterocycles. The number of hydrogen-bond donors (Lipinski definition) is 1. The summed E-state index contributed by atoms with van der Waals surface area (Å²) in [4.78, 5) is 6.39. The Labute approximate surface area is 101 Å². The molecule has 1 N–H and O–H groups in total. The topological polar surface area (TPSA) is 71.6 Å². The molecule has 6 heteroatoms. The predicted octanol–water partition coefficient (Wildman–Crippen LogP) is 0.781. The van der Waals surface area contributed by atoms with Gasteiger partial charge in [-0.25, -0.2) is 0 Å². The number of anilines is 1. The van der Waals surface area contributed by atoms with Crippen molar-refractivity contribution in [2.75, 3.05) is 31.2 Å². The van der Waals surface area contributed by atoms with Gasteiger partial charge in [0.15, 0.2) is 0 Å². The van der Waals surface area contributed by atoms with E-state index in [0.29, 0.717) is 25.1 Å². The van der Waals surface area contributed by atoms with E-state index >= 15 is 0 Å². The molecular weight excluding hydrogens is 222 g/mol. The minimum absolute atomic E-state index is 0.0858. The molecular formula is C11H19N3O3. The van der Waals surface area contributed by atoms with Gasteiger partial charge in [-0.2, -0.15) is 4.98 Å². The minimum Gasteiger partial charge on any atom is -0.393 e. The summed E-state index contributed by atoms with van der Waals surface area (Å²) in [5, 5.41) is 13.6. The highest BCUT2D eigenvalue weighted by Crippen LogP contribution is 2.23. The molecule has 96 valence electrons. The van der Waals surface area contributed by atoms with Crippen molar-refractivity contribution in [3.8, 4) is 0 Å². The van der Waals surface area contributed by atoms with E-state index in [1.165, 1.54) is 0 Å². The monoisotopic (exact) mass is 241 g/mol. The lowest BCUT2D eigenvalue weighted by Gasteiger charge is -2.24. The van der Waals surface area contributed by atoms with Crippen LogP contribution in [0.1, 0.15) is 32.1 Å². The first kappa shape index (κ1) is 12.3. The third-order valence-corrected chi connectivity index (χ3v) is 3.06. The Morgan fingerprint density at radius 2 is 2.12 bits per heavy atom. The van der Waals surface area contributed by atoms with Crippen LogP contribution in [0.15, 0.2) is 4.52 Å². The van der Waals surface area contributed by atoms with Crippen molar-refractivity contribution < 1.29 is 14.4 Å². The van der Waals surface area contributed by atoms with Crippen LogP contribution in [-0.2, 0) is 4.74 Å². The van der Waals surface area contributed by atoms with E-state index in [1.807, 2.05) is 11.8 Å². The van der Waals surface area contributed by atoms with Gasteiger partial charge in [0.1, 0.15) is 0 Å². The van der Waals surface area contributed by atoms with Crippen LogP contribution >= 0.6 is 0 Å². The smallest absolute Gasteiger partial charge is 0.266 e. The molecule has 6 nitrogen and oxygen atoms in total. The first-order valence-corrected chi connectivity index (χ1v) is 6.06. The zero-order chi connectivity index (χ0) is 12.3. The van der Waals surface area contributed by atoms with Crippen LogP contribution in [0, 0.1) is 0 Å².